The molecule has 0 heterocycles. The van der Waals surface area contributed by atoms with Crippen LogP contribution in [0, 0.1) is 6.92 Å². The molecule has 2 amide bonds. The fourth-order valence-electron chi connectivity index (χ4n) is 2.17. The molecule has 2 aromatic carbocycles. The second kappa shape index (κ2) is 12.0. The largest absolute Gasteiger partial charge is 0.491 e. The van der Waals surface area contributed by atoms with Gasteiger partial charge in [0.25, 0.3) is 11.8 Å². The van der Waals surface area contributed by atoms with Gasteiger partial charge in [0, 0.05) is 17.7 Å². The number of thiocarbonyl (C=S) groups is 1. The lowest BCUT2D eigenvalue weighted by atomic mass is 10.2. The van der Waals surface area contributed by atoms with Gasteiger partial charge >= 0.3 is 0 Å². The number of aryl methyl sites for hydroxylation is 1. The molecule has 0 bridgehead atoms. The minimum Gasteiger partial charge on any atom is -0.491 e. The maximum Gasteiger partial charge on any atom is 0.276 e. The van der Waals surface area contributed by atoms with Crippen molar-refractivity contribution >= 4 is 40.7 Å². The SMILES string of the molecule is COCCOc1ccc(C(=O)NC(=S)NNC(=O)COc2ccc(Cl)c(C)c2)cc1. The van der Waals surface area contributed by atoms with E-state index in [1.807, 2.05) is 6.92 Å². The molecule has 0 saturated carbocycles. The molecule has 10 heteroatoms. The van der Waals surface area contributed by atoms with Gasteiger partial charge in [-0.3, -0.25) is 25.8 Å². The standard InChI is InChI=1S/C20H22ClN3O5S/c1-13-11-16(7-8-17(13)21)29-12-18(25)23-24-20(30)22-19(26)14-3-5-15(6-4-14)28-10-9-27-2/h3-8,11H,9-10,12H2,1-2H3,(H,23,25)(H2,22,24,26,30). The molecule has 0 aliphatic carbocycles. The van der Waals surface area contributed by atoms with Gasteiger partial charge in [-0.15, -0.1) is 0 Å². The van der Waals surface area contributed by atoms with Gasteiger partial charge in [0.15, 0.2) is 11.7 Å². The van der Waals surface area contributed by atoms with E-state index < -0.39 is 11.8 Å². The van der Waals surface area contributed by atoms with E-state index >= 15 is 0 Å². The number of hydrogen-bond acceptors (Lipinski definition) is 6. The van der Waals surface area contributed by atoms with E-state index in [2.05, 4.69) is 16.2 Å². The molecule has 0 aromatic heterocycles. The second-order valence-electron chi connectivity index (χ2n) is 6.02. The number of methoxy groups -OCH3 is 1. The molecule has 0 fully saturated rings. The van der Waals surface area contributed by atoms with Crippen LogP contribution in [-0.4, -0.2) is 43.9 Å². The highest BCUT2D eigenvalue weighted by Crippen LogP contribution is 2.20. The molecule has 0 saturated heterocycles. The Bertz CT molecular complexity index is 893. The molecular weight excluding hydrogens is 430 g/mol. The summed E-state index contributed by atoms with van der Waals surface area (Å²) in [6.45, 7) is 2.48. The Morgan fingerprint density at radius 1 is 1.00 bits per heavy atom. The number of ether oxygens (including phenoxy) is 3. The van der Waals surface area contributed by atoms with Crippen LogP contribution in [0.4, 0.5) is 0 Å². The summed E-state index contributed by atoms with van der Waals surface area (Å²) < 4.78 is 15.7. The number of hydrogen-bond donors (Lipinski definition) is 3. The van der Waals surface area contributed by atoms with Crippen LogP contribution in [0.25, 0.3) is 0 Å². The first kappa shape index (κ1) is 23.4. The summed E-state index contributed by atoms with van der Waals surface area (Å²) in [5.41, 5.74) is 6.01. The van der Waals surface area contributed by atoms with Gasteiger partial charge in [0.2, 0.25) is 0 Å². The zero-order valence-electron chi connectivity index (χ0n) is 16.5. The quantitative estimate of drug-likeness (QED) is 0.322. The number of halogens is 1. The van der Waals surface area contributed by atoms with Gasteiger partial charge in [-0.1, -0.05) is 11.6 Å². The third-order valence-electron chi connectivity index (χ3n) is 3.71. The maximum absolute atomic E-state index is 12.2. The Kier molecular flexibility index (Phi) is 9.33. The van der Waals surface area contributed by atoms with Crippen LogP contribution >= 0.6 is 23.8 Å². The first-order valence-electron chi connectivity index (χ1n) is 8.90. The van der Waals surface area contributed by atoms with Crippen molar-refractivity contribution in [3.8, 4) is 11.5 Å². The van der Waals surface area contributed by atoms with Crippen molar-refractivity contribution in [3.63, 3.8) is 0 Å². The molecule has 0 unspecified atom stereocenters. The van der Waals surface area contributed by atoms with Gasteiger partial charge in [-0.2, -0.15) is 0 Å². The molecule has 8 nitrogen and oxygen atoms in total. The molecule has 30 heavy (non-hydrogen) atoms. The minimum absolute atomic E-state index is 0.0592. The molecule has 160 valence electrons. The highest BCUT2D eigenvalue weighted by Gasteiger charge is 2.09. The van der Waals surface area contributed by atoms with Crippen LogP contribution in [0.5, 0.6) is 11.5 Å². The molecule has 0 radical (unpaired) electrons. The van der Waals surface area contributed by atoms with Gasteiger partial charge in [0.1, 0.15) is 18.1 Å². The highest BCUT2D eigenvalue weighted by atomic mass is 35.5. The van der Waals surface area contributed by atoms with E-state index in [-0.39, 0.29) is 11.7 Å². The maximum atomic E-state index is 12.2. The fourth-order valence-corrected chi connectivity index (χ4v) is 2.43. The average Bonchev–Trinajstić information content (AvgIpc) is 2.73. The number of amides is 2. The van der Waals surface area contributed by atoms with E-state index in [1.165, 1.54) is 0 Å². The van der Waals surface area contributed by atoms with Crippen molar-refractivity contribution in [2.45, 2.75) is 6.92 Å². The van der Waals surface area contributed by atoms with Crippen molar-refractivity contribution in [2.24, 2.45) is 0 Å². The van der Waals surface area contributed by atoms with Gasteiger partial charge in [-0.25, -0.2) is 0 Å². The number of nitrogens with one attached hydrogen (secondary N) is 3. The lowest BCUT2D eigenvalue weighted by Gasteiger charge is -2.12. The zero-order chi connectivity index (χ0) is 21.9. The first-order valence-corrected chi connectivity index (χ1v) is 9.68. The number of carbonyl (C=O) groups excluding carboxylic acids is 2. The van der Waals surface area contributed by atoms with Crippen LogP contribution in [0.15, 0.2) is 42.5 Å². The lowest BCUT2D eigenvalue weighted by molar-refractivity contribution is -0.123. The third-order valence-corrected chi connectivity index (χ3v) is 4.34. The smallest absolute Gasteiger partial charge is 0.276 e. The molecule has 0 aliphatic rings. The van der Waals surface area contributed by atoms with Crippen molar-refractivity contribution < 1.29 is 23.8 Å². The van der Waals surface area contributed by atoms with E-state index in [1.54, 1.807) is 49.6 Å². The Morgan fingerprint density at radius 3 is 2.37 bits per heavy atom. The zero-order valence-corrected chi connectivity index (χ0v) is 18.1. The number of benzene rings is 2. The topological polar surface area (TPSA) is 97.9 Å². The molecule has 0 aliphatic heterocycles. The molecule has 2 rings (SSSR count). The summed E-state index contributed by atoms with van der Waals surface area (Å²) in [4.78, 5) is 24.0. The normalized spacial score (nSPS) is 10.1. The van der Waals surface area contributed by atoms with Crippen LogP contribution < -0.4 is 25.6 Å². The fraction of sp³-hybridized carbons (Fsp3) is 0.250. The molecule has 3 N–H and O–H groups in total. The molecular formula is C20H22ClN3O5S. The monoisotopic (exact) mass is 451 g/mol. The predicted molar refractivity (Wildman–Crippen MR) is 117 cm³/mol. The van der Waals surface area contributed by atoms with Gasteiger partial charge in [-0.05, 0) is 67.2 Å². The molecule has 2 aromatic rings. The summed E-state index contributed by atoms with van der Waals surface area (Å²) in [5, 5.41) is 3.02. The van der Waals surface area contributed by atoms with Crippen LogP contribution in [-0.2, 0) is 9.53 Å². The number of rotatable bonds is 8. The van der Waals surface area contributed by atoms with Crippen LogP contribution in [0.1, 0.15) is 15.9 Å². The average molecular weight is 452 g/mol. The predicted octanol–water partition coefficient (Wildman–Crippen LogP) is 2.39. The lowest BCUT2D eigenvalue weighted by Crippen LogP contribution is -2.49. The van der Waals surface area contributed by atoms with Crippen molar-refractivity contribution in [2.75, 3.05) is 26.9 Å². The van der Waals surface area contributed by atoms with E-state index in [9.17, 15) is 9.59 Å². The van der Waals surface area contributed by atoms with Crippen LogP contribution in [0.2, 0.25) is 5.02 Å². The van der Waals surface area contributed by atoms with Crippen LogP contribution in [0.3, 0.4) is 0 Å². The van der Waals surface area contributed by atoms with E-state index in [0.717, 1.165) is 5.56 Å². The van der Waals surface area contributed by atoms with Crippen molar-refractivity contribution in [1.29, 1.82) is 0 Å². The highest BCUT2D eigenvalue weighted by molar-refractivity contribution is 7.80. The summed E-state index contributed by atoms with van der Waals surface area (Å²) in [6, 6.07) is 11.6. The number of carbonyl (C=O) groups is 2. The Hall–Kier alpha value is -2.88. The van der Waals surface area contributed by atoms with E-state index in [0.29, 0.717) is 35.3 Å². The van der Waals surface area contributed by atoms with Gasteiger partial charge in [0.05, 0.1) is 6.61 Å². The third kappa shape index (κ3) is 7.86. The summed E-state index contributed by atoms with van der Waals surface area (Å²) in [6.07, 6.45) is 0. The van der Waals surface area contributed by atoms with E-state index in [4.69, 9.17) is 38.0 Å². The first-order chi connectivity index (χ1) is 14.4. The molecule has 0 atom stereocenters. The van der Waals surface area contributed by atoms with Crippen molar-refractivity contribution in [3.05, 3.63) is 58.6 Å². The Morgan fingerprint density at radius 2 is 1.70 bits per heavy atom. The summed E-state index contributed by atoms with van der Waals surface area (Å²) in [5.74, 6) is 0.222. The Labute approximate surface area is 184 Å². The minimum atomic E-state index is -0.475. The molecule has 0 spiro atoms. The van der Waals surface area contributed by atoms with Crippen molar-refractivity contribution in [1.82, 2.24) is 16.2 Å². The number of hydrazine groups is 1. The summed E-state index contributed by atoms with van der Waals surface area (Å²) >= 11 is 10.9. The summed E-state index contributed by atoms with van der Waals surface area (Å²) in [7, 11) is 1.59. The second-order valence-corrected chi connectivity index (χ2v) is 6.84. The Balaban J connectivity index is 1.72. The van der Waals surface area contributed by atoms with Gasteiger partial charge < -0.3 is 14.2 Å².